The monoisotopic (exact) mass is 495 g/mol. The van der Waals surface area contributed by atoms with Gasteiger partial charge in [0.25, 0.3) is 0 Å². The lowest BCUT2D eigenvalue weighted by Crippen LogP contribution is -2.39. The molecule has 1 aromatic carbocycles. The van der Waals surface area contributed by atoms with Crippen LogP contribution in [-0.4, -0.2) is 41.1 Å². The first kappa shape index (κ1) is 21.4. The van der Waals surface area contributed by atoms with Crippen LogP contribution in [0.3, 0.4) is 0 Å². The second-order valence-electron chi connectivity index (χ2n) is 6.21. The van der Waals surface area contributed by atoms with E-state index in [1.165, 1.54) is 16.0 Å². The summed E-state index contributed by atoms with van der Waals surface area (Å²) < 4.78 is 2.07. The van der Waals surface area contributed by atoms with Crippen LogP contribution in [0.4, 0.5) is 0 Å². The summed E-state index contributed by atoms with van der Waals surface area (Å²) in [6, 6.07) is 12.9. The van der Waals surface area contributed by atoms with E-state index in [1.54, 1.807) is 17.5 Å². The number of aliphatic imine (C=N–C) groups is 1. The number of imidazole rings is 1. The third kappa shape index (κ3) is 6.66. The summed E-state index contributed by atoms with van der Waals surface area (Å²) in [5, 5.41) is 5.59. The van der Waals surface area contributed by atoms with E-state index < -0.39 is 0 Å². The minimum Gasteiger partial charge on any atom is -0.352 e. The number of thiophene rings is 1. The maximum Gasteiger partial charge on any atom is 0.193 e. The van der Waals surface area contributed by atoms with Gasteiger partial charge in [-0.2, -0.15) is 0 Å². The van der Waals surface area contributed by atoms with E-state index in [0.29, 0.717) is 0 Å². The Bertz CT molecular complexity index is 815. The predicted octanol–water partition coefficient (Wildman–Crippen LogP) is 3.86. The van der Waals surface area contributed by atoms with Crippen molar-refractivity contribution < 1.29 is 0 Å². The minimum atomic E-state index is 0. The van der Waals surface area contributed by atoms with Crippen molar-refractivity contribution in [3.8, 4) is 0 Å². The van der Waals surface area contributed by atoms with Gasteiger partial charge in [-0.1, -0.05) is 30.3 Å². The van der Waals surface area contributed by atoms with Crippen molar-refractivity contribution in [1.82, 2.24) is 19.8 Å². The SMILES string of the molecule is CN=C(NCc1cccc(Cn2ccnc2)c1)N(C)CCc1cccs1.I. The molecule has 0 saturated carbocycles. The molecule has 2 aromatic heterocycles. The lowest BCUT2D eigenvalue weighted by molar-refractivity contribution is 0.486. The molecule has 0 bridgehead atoms. The molecule has 0 spiro atoms. The molecule has 0 unspecified atom stereocenters. The number of nitrogens with zero attached hydrogens (tertiary/aromatic N) is 4. The molecular weight excluding hydrogens is 469 g/mol. The third-order valence-corrected chi connectivity index (χ3v) is 5.15. The Kier molecular flexibility index (Phi) is 8.80. The molecule has 0 aliphatic rings. The molecule has 3 aromatic rings. The van der Waals surface area contributed by atoms with Gasteiger partial charge < -0.3 is 14.8 Å². The molecule has 5 nitrogen and oxygen atoms in total. The van der Waals surface area contributed by atoms with E-state index in [0.717, 1.165) is 32.0 Å². The van der Waals surface area contributed by atoms with E-state index in [4.69, 9.17) is 0 Å². The third-order valence-electron chi connectivity index (χ3n) is 4.21. The molecule has 3 rings (SSSR count). The van der Waals surface area contributed by atoms with Crippen LogP contribution in [0.15, 0.2) is 65.5 Å². The van der Waals surface area contributed by atoms with Crippen molar-refractivity contribution in [3.05, 3.63) is 76.5 Å². The topological polar surface area (TPSA) is 45.5 Å². The molecule has 0 radical (unpaired) electrons. The fourth-order valence-electron chi connectivity index (χ4n) is 2.83. The second kappa shape index (κ2) is 11.1. The molecule has 0 saturated heterocycles. The van der Waals surface area contributed by atoms with Crippen LogP contribution < -0.4 is 5.32 Å². The number of rotatable bonds is 7. The average molecular weight is 495 g/mol. The summed E-state index contributed by atoms with van der Waals surface area (Å²) in [5.41, 5.74) is 2.51. The van der Waals surface area contributed by atoms with Gasteiger partial charge in [0.2, 0.25) is 0 Å². The number of nitrogens with one attached hydrogen (secondary N) is 1. The Morgan fingerprint density at radius 2 is 2.11 bits per heavy atom. The number of benzene rings is 1. The molecule has 0 amide bonds. The summed E-state index contributed by atoms with van der Waals surface area (Å²) in [6.07, 6.45) is 6.67. The maximum absolute atomic E-state index is 4.41. The number of hydrogen-bond acceptors (Lipinski definition) is 3. The predicted molar refractivity (Wildman–Crippen MR) is 124 cm³/mol. The first-order chi connectivity index (χ1) is 12.7. The van der Waals surface area contributed by atoms with Crippen molar-refractivity contribution in [1.29, 1.82) is 0 Å². The molecule has 0 aliphatic heterocycles. The lowest BCUT2D eigenvalue weighted by atomic mass is 10.1. The van der Waals surface area contributed by atoms with Crippen LogP contribution in [0.25, 0.3) is 0 Å². The van der Waals surface area contributed by atoms with Crippen molar-refractivity contribution in [2.24, 2.45) is 4.99 Å². The molecule has 2 heterocycles. The van der Waals surface area contributed by atoms with Gasteiger partial charge in [0, 0.05) is 51.0 Å². The van der Waals surface area contributed by atoms with Crippen LogP contribution in [0.5, 0.6) is 0 Å². The van der Waals surface area contributed by atoms with E-state index in [9.17, 15) is 0 Å². The van der Waals surface area contributed by atoms with Crippen molar-refractivity contribution >= 4 is 41.3 Å². The molecule has 27 heavy (non-hydrogen) atoms. The summed E-state index contributed by atoms with van der Waals surface area (Å²) in [7, 11) is 3.91. The quantitative estimate of drug-likeness (QED) is 0.308. The van der Waals surface area contributed by atoms with Crippen LogP contribution in [0.1, 0.15) is 16.0 Å². The summed E-state index contributed by atoms with van der Waals surface area (Å²) in [4.78, 5) is 12.1. The van der Waals surface area contributed by atoms with Crippen LogP contribution in [0.2, 0.25) is 0 Å². The highest BCUT2D eigenvalue weighted by atomic mass is 127. The Morgan fingerprint density at radius 3 is 2.81 bits per heavy atom. The summed E-state index contributed by atoms with van der Waals surface area (Å²) in [6.45, 7) is 2.54. The zero-order chi connectivity index (χ0) is 18.2. The molecule has 7 heteroatoms. The van der Waals surface area contributed by atoms with Crippen molar-refractivity contribution in [2.45, 2.75) is 19.5 Å². The van der Waals surface area contributed by atoms with Gasteiger partial charge in [-0.15, -0.1) is 35.3 Å². The number of halogens is 1. The number of hydrogen-bond donors (Lipinski definition) is 1. The summed E-state index contributed by atoms with van der Waals surface area (Å²) in [5.74, 6) is 0.918. The van der Waals surface area contributed by atoms with Crippen LogP contribution in [-0.2, 0) is 19.5 Å². The first-order valence-electron chi connectivity index (χ1n) is 8.72. The summed E-state index contributed by atoms with van der Waals surface area (Å²) >= 11 is 1.80. The van der Waals surface area contributed by atoms with Gasteiger partial charge in [0.05, 0.1) is 6.33 Å². The van der Waals surface area contributed by atoms with Gasteiger partial charge in [0.1, 0.15) is 0 Å². The maximum atomic E-state index is 4.41. The van der Waals surface area contributed by atoms with E-state index in [1.807, 2.05) is 19.6 Å². The molecule has 0 atom stereocenters. The highest BCUT2D eigenvalue weighted by molar-refractivity contribution is 14.0. The Morgan fingerprint density at radius 1 is 1.26 bits per heavy atom. The molecular formula is C20H26IN5S. The van der Waals surface area contributed by atoms with Gasteiger partial charge in [-0.25, -0.2) is 4.98 Å². The number of likely N-dealkylation sites (N-methyl/N-ethyl adjacent to an activating group) is 1. The highest BCUT2D eigenvalue weighted by Crippen LogP contribution is 2.10. The smallest absolute Gasteiger partial charge is 0.193 e. The fourth-order valence-corrected chi connectivity index (χ4v) is 3.53. The Hall–Kier alpha value is -1.87. The molecule has 144 valence electrons. The van der Waals surface area contributed by atoms with Gasteiger partial charge in [0.15, 0.2) is 5.96 Å². The minimum absolute atomic E-state index is 0. The lowest BCUT2D eigenvalue weighted by Gasteiger charge is -2.22. The largest absolute Gasteiger partial charge is 0.352 e. The highest BCUT2D eigenvalue weighted by Gasteiger charge is 2.07. The Balaban J connectivity index is 0.00000261. The van der Waals surface area contributed by atoms with Crippen LogP contribution in [0, 0.1) is 0 Å². The normalized spacial score (nSPS) is 11.1. The second-order valence-corrected chi connectivity index (χ2v) is 7.24. The van der Waals surface area contributed by atoms with Gasteiger partial charge in [-0.05, 0) is 29.0 Å². The van der Waals surface area contributed by atoms with E-state index in [-0.39, 0.29) is 24.0 Å². The molecule has 0 fully saturated rings. The zero-order valence-corrected chi connectivity index (χ0v) is 18.9. The van der Waals surface area contributed by atoms with E-state index >= 15 is 0 Å². The Labute approximate surface area is 182 Å². The van der Waals surface area contributed by atoms with Gasteiger partial charge in [-0.3, -0.25) is 4.99 Å². The number of guanidine groups is 1. The van der Waals surface area contributed by atoms with Crippen molar-refractivity contribution in [2.75, 3.05) is 20.6 Å². The first-order valence-corrected chi connectivity index (χ1v) is 9.60. The van der Waals surface area contributed by atoms with Crippen LogP contribution >= 0.6 is 35.3 Å². The molecule has 1 N–H and O–H groups in total. The number of aromatic nitrogens is 2. The van der Waals surface area contributed by atoms with E-state index in [2.05, 4.69) is 73.6 Å². The standard InChI is InChI=1S/C20H25N5S.HI/c1-21-20(24(2)10-8-19-7-4-12-26-19)23-14-17-5-3-6-18(13-17)15-25-11-9-22-16-25;/h3-7,9,11-13,16H,8,10,14-15H2,1-2H3,(H,21,23);1H. The average Bonchev–Trinajstić information content (AvgIpc) is 3.35. The zero-order valence-electron chi connectivity index (χ0n) is 15.7. The molecule has 0 aliphatic carbocycles. The van der Waals surface area contributed by atoms with Crippen molar-refractivity contribution in [3.63, 3.8) is 0 Å². The fraction of sp³-hybridized carbons (Fsp3) is 0.300. The van der Waals surface area contributed by atoms with Gasteiger partial charge >= 0.3 is 0 Å².